The number of aliphatic hydroxyl groups excluding tert-OH is 1. The molecule has 2 aliphatic heterocycles. The Kier molecular flexibility index (Phi) is 8.59. The van der Waals surface area contributed by atoms with E-state index in [1.807, 2.05) is 47.4 Å². The van der Waals surface area contributed by atoms with Crippen LogP contribution in [0, 0.1) is 0 Å². The third-order valence-corrected chi connectivity index (χ3v) is 9.18. The van der Waals surface area contributed by atoms with E-state index in [-0.39, 0.29) is 18.4 Å². The van der Waals surface area contributed by atoms with E-state index in [0.717, 1.165) is 65.6 Å². The van der Waals surface area contributed by atoms with Gasteiger partial charge in [-0.2, -0.15) is 0 Å². The average molecular weight is 589 g/mol. The van der Waals surface area contributed by atoms with Crippen molar-refractivity contribution in [3.8, 4) is 33.5 Å². The highest BCUT2D eigenvalue weighted by atomic mass is 32.1. The lowest BCUT2D eigenvalue weighted by Crippen LogP contribution is -2.35. The van der Waals surface area contributed by atoms with Crippen molar-refractivity contribution in [2.45, 2.75) is 57.9 Å². The van der Waals surface area contributed by atoms with Crippen LogP contribution < -0.4 is 4.74 Å². The monoisotopic (exact) mass is 588 g/mol. The van der Waals surface area contributed by atoms with Gasteiger partial charge in [0.15, 0.2) is 0 Å². The van der Waals surface area contributed by atoms with E-state index in [2.05, 4.69) is 39.1 Å². The van der Waals surface area contributed by atoms with Gasteiger partial charge in [0.25, 0.3) is 0 Å². The molecule has 2 aromatic carbocycles. The molecule has 0 unspecified atom stereocenters. The van der Waals surface area contributed by atoms with E-state index in [1.165, 1.54) is 0 Å². The third kappa shape index (κ3) is 6.38. The molecule has 2 saturated heterocycles. The van der Waals surface area contributed by atoms with Gasteiger partial charge in [-0.05, 0) is 68.8 Å². The number of ether oxygens (including phenoxy) is 1. The van der Waals surface area contributed by atoms with Crippen LogP contribution in [0.25, 0.3) is 22.0 Å². The maximum Gasteiger partial charge on any atom is 0.247 e. The minimum Gasteiger partial charge on any atom is -0.457 e. The Hall–Kier alpha value is -3.67. The van der Waals surface area contributed by atoms with Crippen LogP contribution in [0.5, 0.6) is 11.5 Å². The molecule has 0 aliphatic carbocycles. The fourth-order valence-electron chi connectivity index (χ4n) is 5.43. The number of rotatable bonds is 10. The van der Waals surface area contributed by atoms with Crippen LogP contribution in [0.1, 0.15) is 67.8 Å². The number of aliphatic hydroxyl groups is 1. The van der Waals surface area contributed by atoms with E-state index in [0.29, 0.717) is 48.7 Å². The predicted molar refractivity (Wildman–Crippen MR) is 159 cm³/mol. The lowest BCUT2D eigenvalue weighted by molar-refractivity contribution is -0.128. The van der Waals surface area contributed by atoms with Gasteiger partial charge in [-0.15, -0.1) is 20.4 Å². The second-order valence-electron chi connectivity index (χ2n) is 11.3. The quantitative estimate of drug-likeness (QED) is 0.257. The summed E-state index contributed by atoms with van der Waals surface area (Å²) in [6.07, 6.45) is 3.31. The summed E-state index contributed by atoms with van der Waals surface area (Å²) in [5.41, 5.74) is 2.67. The van der Waals surface area contributed by atoms with Crippen molar-refractivity contribution in [1.82, 2.24) is 30.2 Å². The van der Waals surface area contributed by atoms with E-state index in [4.69, 9.17) is 9.15 Å². The molecule has 1 amide bonds. The van der Waals surface area contributed by atoms with Crippen LogP contribution in [0.4, 0.5) is 0 Å². The summed E-state index contributed by atoms with van der Waals surface area (Å²) >= 11 is 1.60. The number of nitrogens with zero attached hydrogens (tertiary/aromatic N) is 6. The maximum absolute atomic E-state index is 12.4. The molecule has 0 radical (unpaired) electrons. The van der Waals surface area contributed by atoms with Gasteiger partial charge in [-0.3, -0.25) is 4.79 Å². The fourth-order valence-corrected chi connectivity index (χ4v) is 6.28. The number of hydrogen-bond donors (Lipinski definition) is 1. The van der Waals surface area contributed by atoms with Crippen LogP contribution >= 0.6 is 11.3 Å². The highest BCUT2D eigenvalue weighted by Crippen LogP contribution is 2.35. The summed E-state index contributed by atoms with van der Waals surface area (Å²) in [6, 6.07) is 13.7. The number of benzene rings is 2. The molecule has 2 aromatic heterocycles. The van der Waals surface area contributed by atoms with Gasteiger partial charge in [-0.1, -0.05) is 31.3 Å². The van der Waals surface area contributed by atoms with Gasteiger partial charge >= 0.3 is 0 Å². The molecule has 6 rings (SSSR count). The number of carbonyl (C=O) groups is 1. The molecule has 2 aliphatic rings. The summed E-state index contributed by atoms with van der Waals surface area (Å²) in [6.45, 7) is 8.14. The normalized spacial score (nSPS) is 16.6. The van der Waals surface area contributed by atoms with Gasteiger partial charge < -0.3 is 24.1 Å². The number of aromatic nitrogens is 4. The molecule has 0 bridgehead atoms. The first kappa shape index (κ1) is 28.4. The van der Waals surface area contributed by atoms with E-state index < -0.39 is 0 Å². The second-order valence-corrected chi connectivity index (χ2v) is 12.3. The first-order chi connectivity index (χ1) is 20.5. The summed E-state index contributed by atoms with van der Waals surface area (Å²) in [7, 11) is 0. The van der Waals surface area contributed by atoms with E-state index in [1.54, 1.807) is 11.3 Å². The molecule has 0 spiro atoms. The number of carbonyl (C=O) groups excluding carboxylic acids is 1. The molecule has 42 heavy (non-hydrogen) atoms. The van der Waals surface area contributed by atoms with E-state index in [9.17, 15) is 9.90 Å². The van der Waals surface area contributed by atoms with Crippen molar-refractivity contribution < 1.29 is 19.1 Å². The number of piperidine rings is 1. The fraction of sp³-hybridized carbons (Fsp3) is 0.452. The number of likely N-dealkylation sites (tertiary alicyclic amines) is 2. The molecule has 0 saturated carbocycles. The number of β-amino-alcohol motifs (C(OH)–C–C–N with tert-alkyl or cyclic N) is 1. The Morgan fingerprint density at radius 1 is 1.02 bits per heavy atom. The summed E-state index contributed by atoms with van der Waals surface area (Å²) in [5, 5.41) is 28.5. The van der Waals surface area contributed by atoms with Crippen LogP contribution in [0.15, 0.2) is 46.9 Å². The van der Waals surface area contributed by atoms with Crippen molar-refractivity contribution in [1.29, 1.82) is 0 Å². The highest BCUT2D eigenvalue weighted by molar-refractivity contribution is 7.14. The van der Waals surface area contributed by atoms with Crippen molar-refractivity contribution in [3.63, 3.8) is 0 Å². The van der Waals surface area contributed by atoms with Crippen LogP contribution in [-0.2, 0) is 11.3 Å². The SMILES string of the molecule is CC(C)c1nnc(-c2ccc(Oc3cc(-c4nnc(C5CCN(CCO)CC5)o4)ccc3CN3CCCC3=O)cc2)s1. The molecule has 220 valence electrons. The van der Waals surface area contributed by atoms with Crippen molar-refractivity contribution in [2.24, 2.45) is 0 Å². The zero-order chi connectivity index (χ0) is 29.1. The zero-order valence-electron chi connectivity index (χ0n) is 24.0. The highest BCUT2D eigenvalue weighted by Gasteiger charge is 2.26. The minimum atomic E-state index is 0.166. The van der Waals surface area contributed by atoms with Crippen molar-refractivity contribution in [2.75, 3.05) is 32.8 Å². The summed E-state index contributed by atoms with van der Waals surface area (Å²) in [5.74, 6) is 3.14. The Balaban J connectivity index is 1.23. The molecular formula is C31H36N6O4S. The lowest BCUT2D eigenvalue weighted by Gasteiger charge is -2.29. The molecule has 4 aromatic rings. The molecule has 11 heteroatoms. The largest absolute Gasteiger partial charge is 0.457 e. The molecular weight excluding hydrogens is 552 g/mol. The second kappa shape index (κ2) is 12.7. The molecule has 4 heterocycles. The van der Waals surface area contributed by atoms with E-state index >= 15 is 0 Å². The maximum atomic E-state index is 12.4. The average Bonchev–Trinajstić information content (AvgIpc) is 3.77. The van der Waals surface area contributed by atoms with Gasteiger partial charge in [-0.25, -0.2) is 0 Å². The Labute approximate surface area is 249 Å². The minimum absolute atomic E-state index is 0.166. The lowest BCUT2D eigenvalue weighted by atomic mass is 9.97. The van der Waals surface area contributed by atoms with Gasteiger partial charge in [0.2, 0.25) is 17.7 Å². The van der Waals surface area contributed by atoms with Crippen LogP contribution in [0.2, 0.25) is 0 Å². The number of hydrogen-bond acceptors (Lipinski definition) is 10. The van der Waals surface area contributed by atoms with Crippen molar-refractivity contribution in [3.05, 3.63) is 58.9 Å². The van der Waals surface area contributed by atoms with Crippen LogP contribution in [0.3, 0.4) is 0 Å². The van der Waals surface area contributed by atoms with Gasteiger partial charge in [0.1, 0.15) is 21.5 Å². The standard InChI is InChI=1S/C31H36N6O4S/c1-20(2)30-34-35-31(42-30)22-7-9-25(10-8-22)40-26-18-23(5-6-24(26)19-37-13-3-4-27(37)39)29-33-32-28(41-29)21-11-14-36(15-12-21)16-17-38/h5-10,18,20-21,38H,3-4,11-17,19H2,1-2H3. The Morgan fingerprint density at radius 2 is 1.81 bits per heavy atom. The first-order valence-electron chi connectivity index (χ1n) is 14.7. The van der Waals surface area contributed by atoms with Gasteiger partial charge in [0.05, 0.1) is 6.61 Å². The van der Waals surface area contributed by atoms with Crippen LogP contribution in [-0.4, -0.2) is 74.0 Å². The topological polar surface area (TPSA) is 118 Å². The smallest absolute Gasteiger partial charge is 0.247 e. The first-order valence-corrected chi connectivity index (χ1v) is 15.5. The molecule has 0 atom stereocenters. The third-order valence-electron chi connectivity index (χ3n) is 7.90. The van der Waals surface area contributed by atoms with Crippen molar-refractivity contribution >= 4 is 17.2 Å². The van der Waals surface area contributed by atoms with Gasteiger partial charge in [0, 0.05) is 54.6 Å². The zero-order valence-corrected chi connectivity index (χ0v) is 24.8. The summed E-state index contributed by atoms with van der Waals surface area (Å²) < 4.78 is 12.6. The molecule has 2 fully saturated rings. The number of amides is 1. The summed E-state index contributed by atoms with van der Waals surface area (Å²) in [4.78, 5) is 16.5. The Morgan fingerprint density at radius 3 is 2.50 bits per heavy atom. The Bertz CT molecular complexity index is 1510. The molecule has 10 nitrogen and oxygen atoms in total. The molecule has 1 N–H and O–H groups in total. The predicted octanol–water partition coefficient (Wildman–Crippen LogP) is 5.46.